The van der Waals surface area contributed by atoms with E-state index in [0.717, 1.165) is 42.6 Å². The highest BCUT2D eigenvalue weighted by Crippen LogP contribution is 2.37. The third-order valence-electron chi connectivity index (χ3n) is 5.48. The number of aromatic nitrogens is 3. The van der Waals surface area contributed by atoms with Crippen LogP contribution in [0.3, 0.4) is 0 Å². The van der Waals surface area contributed by atoms with E-state index in [2.05, 4.69) is 33.6 Å². The van der Waals surface area contributed by atoms with Crippen LogP contribution in [0.1, 0.15) is 35.2 Å². The van der Waals surface area contributed by atoms with Crippen molar-refractivity contribution in [1.29, 1.82) is 0 Å². The molecule has 6 heteroatoms. The quantitative estimate of drug-likeness (QED) is 0.722. The first kappa shape index (κ1) is 16.1. The van der Waals surface area contributed by atoms with E-state index in [4.69, 9.17) is 4.74 Å². The number of carbonyl (C=O) groups excluding carboxylic acids is 1. The number of benzene rings is 2. The number of hydrogen-bond donors (Lipinski definition) is 1. The summed E-state index contributed by atoms with van der Waals surface area (Å²) in [6.45, 7) is 1.40. The summed E-state index contributed by atoms with van der Waals surface area (Å²) in [6.07, 6.45) is 6.92. The number of hydrogen-bond acceptors (Lipinski definition) is 4. The minimum atomic E-state index is -0.320. The van der Waals surface area contributed by atoms with Crippen molar-refractivity contribution in [2.45, 2.75) is 24.9 Å². The van der Waals surface area contributed by atoms with Gasteiger partial charge in [0, 0.05) is 30.6 Å². The molecule has 2 aliphatic rings. The van der Waals surface area contributed by atoms with Gasteiger partial charge in [-0.1, -0.05) is 24.3 Å². The summed E-state index contributed by atoms with van der Waals surface area (Å²) in [5.41, 5.74) is 2.92. The third kappa shape index (κ3) is 2.87. The van der Waals surface area contributed by atoms with Crippen LogP contribution < -0.4 is 4.74 Å². The maximum absolute atomic E-state index is 13.0. The predicted molar refractivity (Wildman–Crippen MR) is 102 cm³/mol. The summed E-state index contributed by atoms with van der Waals surface area (Å²) in [7, 11) is 0. The smallest absolute Gasteiger partial charge is 0.253 e. The van der Waals surface area contributed by atoms with Crippen molar-refractivity contribution >= 4 is 23.0 Å². The maximum Gasteiger partial charge on any atom is 0.253 e. The highest BCUT2D eigenvalue weighted by Gasteiger charge is 2.35. The zero-order valence-electron chi connectivity index (χ0n) is 14.9. The normalized spacial score (nSPS) is 21.7. The van der Waals surface area contributed by atoms with Gasteiger partial charge in [0.2, 0.25) is 0 Å². The van der Waals surface area contributed by atoms with E-state index >= 15 is 0 Å². The molecule has 5 rings (SSSR count). The number of likely N-dealkylation sites (tertiary alicyclic amines) is 1. The van der Waals surface area contributed by atoms with Crippen molar-refractivity contribution in [2.75, 3.05) is 13.1 Å². The monoisotopic (exact) mass is 360 g/mol. The van der Waals surface area contributed by atoms with Crippen LogP contribution in [0.15, 0.2) is 48.5 Å². The molecule has 1 amide bonds. The molecule has 1 N–H and O–H groups in total. The minimum absolute atomic E-state index is 0.0390. The molecule has 2 aliphatic heterocycles. The van der Waals surface area contributed by atoms with Gasteiger partial charge in [0.15, 0.2) is 0 Å². The van der Waals surface area contributed by atoms with E-state index in [0.29, 0.717) is 17.6 Å². The summed E-state index contributed by atoms with van der Waals surface area (Å²) in [6, 6.07) is 13.5. The van der Waals surface area contributed by atoms with Gasteiger partial charge in [-0.05, 0) is 43.2 Å². The second-order valence-corrected chi connectivity index (χ2v) is 7.21. The third-order valence-corrected chi connectivity index (χ3v) is 5.48. The molecular formula is C21H20N4O2. The van der Waals surface area contributed by atoms with Crippen LogP contribution in [0.2, 0.25) is 0 Å². The standard InChI is InChI=1S/C21H20N4O2/c26-20(16-6-7-17-18(14-16)23-24-22-17)25-12-3-9-21(11-13-25)10-8-15-4-1-2-5-19(15)27-21/h1-2,4-8,10,14H,3,9,11-13H2,(H,22,23,24). The largest absolute Gasteiger partial charge is 0.483 e. The van der Waals surface area contributed by atoms with E-state index in [1.807, 2.05) is 35.2 Å². The Labute approximate surface area is 156 Å². The second-order valence-electron chi connectivity index (χ2n) is 7.21. The summed E-state index contributed by atoms with van der Waals surface area (Å²) in [4.78, 5) is 14.9. The molecule has 136 valence electrons. The lowest BCUT2D eigenvalue weighted by Gasteiger charge is -2.34. The number of nitrogens with one attached hydrogen (secondary N) is 1. The zero-order chi connectivity index (χ0) is 18.3. The minimum Gasteiger partial charge on any atom is -0.483 e. The van der Waals surface area contributed by atoms with Crippen LogP contribution >= 0.6 is 0 Å². The van der Waals surface area contributed by atoms with Gasteiger partial charge in [0.1, 0.15) is 22.4 Å². The van der Waals surface area contributed by atoms with Gasteiger partial charge >= 0.3 is 0 Å². The van der Waals surface area contributed by atoms with Crippen molar-refractivity contribution in [3.63, 3.8) is 0 Å². The van der Waals surface area contributed by atoms with Crippen molar-refractivity contribution in [3.05, 3.63) is 59.7 Å². The fourth-order valence-corrected chi connectivity index (χ4v) is 3.96. The van der Waals surface area contributed by atoms with Gasteiger partial charge in [-0.15, -0.1) is 0 Å². The first-order valence-corrected chi connectivity index (χ1v) is 9.30. The summed E-state index contributed by atoms with van der Waals surface area (Å²) in [5, 5.41) is 10.7. The molecule has 3 heterocycles. The number of H-pyrrole nitrogens is 1. The van der Waals surface area contributed by atoms with E-state index in [-0.39, 0.29) is 11.5 Å². The summed E-state index contributed by atoms with van der Waals surface area (Å²) >= 11 is 0. The van der Waals surface area contributed by atoms with E-state index in [1.165, 1.54) is 0 Å². The van der Waals surface area contributed by atoms with Crippen LogP contribution in [0.5, 0.6) is 5.75 Å². The molecule has 0 saturated carbocycles. The molecule has 0 radical (unpaired) electrons. The SMILES string of the molecule is O=C(c1ccc2n[nH]nc2c1)N1CCCC2(C=Cc3ccccc3O2)CC1. The first-order valence-electron chi connectivity index (χ1n) is 9.30. The van der Waals surface area contributed by atoms with Crippen LogP contribution in [0.4, 0.5) is 0 Å². The summed E-state index contributed by atoms with van der Waals surface area (Å²) < 4.78 is 6.37. The molecule has 1 spiro atoms. The molecule has 0 bridgehead atoms. The van der Waals surface area contributed by atoms with E-state index in [1.54, 1.807) is 6.07 Å². The first-order chi connectivity index (χ1) is 13.2. The highest BCUT2D eigenvalue weighted by atomic mass is 16.5. The van der Waals surface area contributed by atoms with Gasteiger partial charge in [-0.2, -0.15) is 15.4 Å². The Hall–Kier alpha value is -3.15. The van der Waals surface area contributed by atoms with E-state index < -0.39 is 0 Å². The Morgan fingerprint density at radius 1 is 1.07 bits per heavy atom. The molecule has 1 aromatic heterocycles. The van der Waals surface area contributed by atoms with Gasteiger partial charge in [-0.25, -0.2) is 0 Å². The molecule has 1 fully saturated rings. The van der Waals surface area contributed by atoms with Crippen LogP contribution in [0.25, 0.3) is 17.1 Å². The number of aromatic amines is 1. The van der Waals surface area contributed by atoms with Crippen molar-refractivity contribution in [1.82, 2.24) is 20.3 Å². The molecule has 27 heavy (non-hydrogen) atoms. The average Bonchev–Trinajstić information content (AvgIpc) is 3.08. The lowest BCUT2D eigenvalue weighted by molar-refractivity contribution is 0.0730. The molecular weight excluding hydrogens is 340 g/mol. The lowest BCUT2D eigenvalue weighted by atomic mass is 9.91. The Balaban J connectivity index is 1.35. The lowest BCUT2D eigenvalue weighted by Crippen LogP contribution is -2.38. The van der Waals surface area contributed by atoms with E-state index in [9.17, 15) is 4.79 Å². The van der Waals surface area contributed by atoms with Crippen molar-refractivity contribution < 1.29 is 9.53 Å². The van der Waals surface area contributed by atoms with Gasteiger partial charge in [0.05, 0.1) is 0 Å². The molecule has 6 nitrogen and oxygen atoms in total. The molecule has 1 atom stereocenters. The second kappa shape index (κ2) is 6.23. The predicted octanol–water partition coefficient (Wildman–Crippen LogP) is 3.43. The maximum atomic E-state index is 13.0. The summed E-state index contributed by atoms with van der Waals surface area (Å²) in [5.74, 6) is 0.966. The number of ether oxygens (including phenoxy) is 1. The number of rotatable bonds is 1. The number of fused-ring (bicyclic) bond motifs is 2. The fraction of sp³-hybridized carbons (Fsp3) is 0.286. The number of nitrogens with zero attached hydrogens (tertiary/aromatic N) is 3. The van der Waals surface area contributed by atoms with Gasteiger partial charge < -0.3 is 9.64 Å². The molecule has 2 aromatic carbocycles. The highest BCUT2D eigenvalue weighted by molar-refractivity contribution is 5.97. The van der Waals surface area contributed by atoms with Crippen molar-refractivity contribution in [2.24, 2.45) is 0 Å². The zero-order valence-corrected chi connectivity index (χ0v) is 14.9. The Bertz CT molecular complexity index is 1040. The fourth-order valence-electron chi connectivity index (χ4n) is 3.96. The Morgan fingerprint density at radius 3 is 2.93 bits per heavy atom. The molecule has 1 unspecified atom stereocenters. The Kier molecular flexibility index (Phi) is 3.70. The number of amides is 1. The van der Waals surface area contributed by atoms with Crippen LogP contribution in [0, 0.1) is 0 Å². The molecule has 0 aliphatic carbocycles. The average molecular weight is 360 g/mol. The van der Waals surface area contributed by atoms with Crippen LogP contribution in [-0.4, -0.2) is 44.9 Å². The van der Waals surface area contributed by atoms with Crippen molar-refractivity contribution in [3.8, 4) is 5.75 Å². The Morgan fingerprint density at radius 2 is 1.96 bits per heavy atom. The van der Waals surface area contributed by atoms with Crippen LogP contribution in [-0.2, 0) is 0 Å². The number of carbonyl (C=O) groups is 1. The molecule has 3 aromatic rings. The topological polar surface area (TPSA) is 71.1 Å². The molecule has 1 saturated heterocycles. The van der Waals surface area contributed by atoms with Gasteiger partial charge in [-0.3, -0.25) is 4.79 Å². The number of para-hydroxylation sites is 1. The van der Waals surface area contributed by atoms with Gasteiger partial charge in [0.25, 0.3) is 5.91 Å².